The molecule has 0 bridgehead atoms. The van der Waals surface area contributed by atoms with E-state index in [1.165, 1.54) is 0 Å². The molecule has 0 aliphatic rings. The van der Waals surface area contributed by atoms with Crippen LogP contribution in [0.4, 0.5) is 5.69 Å². The van der Waals surface area contributed by atoms with E-state index in [1.54, 1.807) is 42.5 Å². The molecule has 4 nitrogen and oxygen atoms in total. The number of ether oxygens (including phenoxy) is 2. The molecule has 0 radical (unpaired) electrons. The molecule has 1 N–H and O–H groups in total. The SMILES string of the molecule is CCOc1ccc(C(=O)Nc2ccccc2C)cc1COc1ccc(Cl)cc1. The van der Waals surface area contributed by atoms with Gasteiger partial charge in [0.1, 0.15) is 18.1 Å². The summed E-state index contributed by atoms with van der Waals surface area (Å²) >= 11 is 5.91. The molecule has 0 aliphatic carbocycles. The van der Waals surface area contributed by atoms with Crippen molar-refractivity contribution in [3.05, 3.63) is 88.4 Å². The highest BCUT2D eigenvalue weighted by Gasteiger charge is 2.12. The molecule has 3 rings (SSSR count). The Morgan fingerprint density at radius 3 is 2.46 bits per heavy atom. The molecular formula is C23H22ClNO3. The topological polar surface area (TPSA) is 47.6 Å². The molecule has 0 heterocycles. The third-order valence-electron chi connectivity index (χ3n) is 4.22. The van der Waals surface area contributed by atoms with Crippen LogP contribution >= 0.6 is 11.6 Å². The van der Waals surface area contributed by atoms with E-state index < -0.39 is 0 Å². The Morgan fingerprint density at radius 1 is 1.00 bits per heavy atom. The summed E-state index contributed by atoms with van der Waals surface area (Å²) in [7, 11) is 0. The quantitative estimate of drug-likeness (QED) is 0.543. The first-order valence-electron chi connectivity index (χ1n) is 9.08. The normalized spacial score (nSPS) is 10.4. The number of nitrogens with one attached hydrogen (secondary N) is 1. The Balaban J connectivity index is 1.79. The number of halogens is 1. The predicted octanol–water partition coefficient (Wildman–Crippen LogP) is 5.88. The summed E-state index contributed by atoms with van der Waals surface area (Å²) in [6.45, 7) is 4.69. The second-order valence-electron chi connectivity index (χ2n) is 6.27. The number of para-hydroxylation sites is 1. The molecule has 0 atom stereocenters. The lowest BCUT2D eigenvalue weighted by Crippen LogP contribution is -2.13. The fourth-order valence-corrected chi connectivity index (χ4v) is 2.86. The molecule has 3 aromatic rings. The van der Waals surface area contributed by atoms with Gasteiger partial charge in [0.15, 0.2) is 0 Å². The molecule has 0 saturated carbocycles. The van der Waals surface area contributed by atoms with Crippen LogP contribution in [0.5, 0.6) is 11.5 Å². The number of rotatable bonds is 7. The van der Waals surface area contributed by atoms with E-state index in [1.807, 2.05) is 38.1 Å². The van der Waals surface area contributed by atoms with Crippen molar-refractivity contribution < 1.29 is 14.3 Å². The molecule has 0 spiro atoms. The summed E-state index contributed by atoms with van der Waals surface area (Å²) in [5, 5.41) is 3.60. The van der Waals surface area contributed by atoms with Crippen molar-refractivity contribution in [3.63, 3.8) is 0 Å². The number of carbonyl (C=O) groups excluding carboxylic acids is 1. The van der Waals surface area contributed by atoms with Crippen molar-refractivity contribution in [2.45, 2.75) is 20.5 Å². The lowest BCUT2D eigenvalue weighted by atomic mass is 10.1. The minimum Gasteiger partial charge on any atom is -0.493 e. The van der Waals surface area contributed by atoms with E-state index in [-0.39, 0.29) is 12.5 Å². The minimum absolute atomic E-state index is 0.176. The Kier molecular flexibility index (Phi) is 6.56. The third kappa shape index (κ3) is 5.05. The maximum Gasteiger partial charge on any atom is 0.255 e. The molecule has 0 unspecified atom stereocenters. The van der Waals surface area contributed by atoms with E-state index in [0.717, 1.165) is 16.8 Å². The van der Waals surface area contributed by atoms with E-state index in [2.05, 4.69) is 5.32 Å². The van der Waals surface area contributed by atoms with Crippen molar-refractivity contribution in [3.8, 4) is 11.5 Å². The minimum atomic E-state index is -0.176. The van der Waals surface area contributed by atoms with Gasteiger partial charge in [-0.3, -0.25) is 4.79 Å². The number of amides is 1. The maximum absolute atomic E-state index is 12.7. The lowest BCUT2D eigenvalue weighted by Gasteiger charge is -2.14. The molecule has 0 saturated heterocycles. The van der Waals surface area contributed by atoms with Gasteiger partial charge < -0.3 is 14.8 Å². The van der Waals surface area contributed by atoms with Crippen molar-refractivity contribution in [1.82, 2.24) is 0 Å². The van der Waals surface area contributed by atoms with Crippen LogP contribution in [-0.4, -0.2) is 12.5 Å². The van der Waals surface area contributed by atoms with Crippen LogP contribution in [-0.2, 0) is 6.61 Å². The van der Waals surface area contributed by atoms with Crippen LogP contribution in [0.15, 0.2) is 66.7 Å². The number of carbonyl (C=O) groups is 1. The van der Waals surface area contributed by atoms with E-state index in [0.29, 0.717) is 28.7 Å². The largest absolute Gasteiger partial charge is 0.493 e. The molecule has 1 amide bonds. The highest BCUT2D eigenvalue weighted by molar-refractivity contribution is 6.30. The fraction of sp³-hybridized carbons (Fsp3) is 0.174. The monoisotopic (exact) mass is 395 g/mol. The second kappa shape index (κ2) is 9.29. The Hall–Kier alpha value is -2.98. The van der Waals surface area contributed by atoms with Crippen molar-refractivity contribution in [2.75, 3.05) is 11.9 Å². The molecule has 5 heteroatoms. The van der Waals surface area contributed by atoms with Gasteiger partial charge in [-0.2, -0.15) is 0 Å². The smallest absolute Gasteiger partial charge is 0.255 e. The first-order valence-corrected chi connectivity index (χ1v) is 9.45. The summed E-state index contributed by atoms with van der Waals surface area (Å²) in [5.74, 6) is 1.22. The van der Waals surface area contributed by atoms with Gasteiger partial charge in [0.2, 0.25) is 0 Å². The van der Waals surface area contributed by atoms with Crippen LogP contribution in [0.2, 0.25) is 5.02 Å². The summed E-state index contributed by atoms with van der Waals surface area (Å²) in [6, 6.07) is 20.2. The summed E-state index contributed by atoms with van der Waals surface area (Å²) in [6.07, 6.45) is 0. The van der Waals surface area contributed by atoms with Gasteiger partial charge in [-0.25, -0.2) is 0 Å². The third-order valence-corrected chi connectivity index (χ3v) is 4.48. The van der Waals surface area contributed by atoms with Gasteiger partial charge in [0.25, 0.3) is 5.91 Å². The molecule has 144 valence electrons. The first-order chi connectivity index (χ1) is 13.6. The zero-order chi connectivity index (χ0) is 19.9. The molecule has 28 heavy (non-hydrogen) atoms. The maximum atomic E-state index is 12.7. The first kappa shape index (κ1) is 19.8. The number of anilines is 1. The van der Waals surface area contributed by atoms with E-state index in [9.17, 15) is 4.79 Å². The van der Waals surface area contributed by atoms with Gasteiger partial charge in [-0.05, 0) is 67.9 Å². The fourth-order valence-electron chi connectivity index (χ4n) is 2.73. The summed E-state index contributed by atoms with van der Waals surface area (Å²) < 4.78 is 11.5. The molecule has 0 aromatic heterocycles. The highest BCUT2D eigenvalue weighted by atomic mass is 35.5. The van der Waals surface area contributed by atoms with Crippen LogP contribution in [0.3, 0.4) is 0 Å². The molecule has 3 aromatic carbocycles. The molecular weight excluding hydrogens is 374 g/mol. The van der Waals surface area contributed by atoms with Crippen molar-refractivity contribution >= 4 is 23.2 Å². The average molecular weight is 396 g/mol. The van der Waals surface area contributed by atoms with Crippen molar-refractivity contribution in [1.29, 1.82) is 0 Å². The standard InChI is InChI=1S/C23H22ClNO3/c1-3-27-22-13-8-17(23(26)25-21-7-5-4-6-16(21)2)14-18(22)15-28-20-11-9-19(24)10-12-20/h4-14H,3,15H2,1-2H3,(H,25,26). The van der Waals surface area contributed by atoms with Crippen LogP contribution < -0.4 is 14.8 Å². The number of benzene rings is 3. The number of hydrogen-bond acceptors (Lipinski definition) is 3. The van der Waals surface area contributed by atoms with Gasteiger partial charge in [0, 0.05) is 21.8 Å². The zero-order valence-electron chi connectivity index (χ0n) is 15.9. The second-order valence-corrected chi connectivity index (χ2v) is 6.70. The zero-order valence-corrected chi connectivity index (χ0v) is 16.6. The highest BCUT2D eigenvalue weighted by Crippen LogP contribution is 2.24. The van der Waals surface area contributed by atoms with E-state index >= 15 is 0 Å². The molecule has 0 fully saturated rings. The van der Waals surface area contributed by atoms with Gasteiger partial charge >= 0.3 is 0 Å². The number of hydrogen-bond donors (Lipinski definition) is 1. The lowest BCUT2D eigenvalue weighted by molar-refractivity contribution is 0.102. The Labute approximate surface area is 170 Å². The van der Waals surface area contributed by atoms with Crippen molar-refractivity contribution in [2.24, 2.45) is 0 Å². The van der Waals surface area contributed by atoms with Crippen LogP contribution in [0.1, 0.15) is 28.4 Å². The van der Waals surface area contributed by atoms with Gasteiger partial charge in [0.05, 0.1) is 6.61 Å². The average Bonchev–Trinajstić information content (AvgIpc) is 2.70. The van der Waals surface area contributed by atoms with Crippen LogP contribution in [0, 0.1) is 6.92 Å². The summed E-state index contributed by atoms with van der Waals surface area (Å²) in [5.41, 5.74) is 3.14. The summed E-state index contributed by atoms with van der Waals surface area (Å²) in [4.78, 5) is 12.7. The van der Waals surface area contributed by atoms with Gasteiger partial charge in [-0.15, -0.1) is 0 Å². The van der Waals surface area contributed by atoms with E-state index in [4.69, 9.17) is 21.1 Å². The predicted molar refractivity (Wildman–Crippen MR) is 113 cm³/mol. The molecule has 0 aliphatic heterocycles. The number of aryl methyl sites for hydroxylation is 1. The Bertz CT molecular complexity index is 954. The van der Waals surface area contributed by atoms with Gasteiger partial charge in [-0.1, -0.05) is 29.8 Å². The Morgan fingerprint density at radius 2 is 1.75 bits per heavy atom. The van der Waals surface area contributed by atoms with Crippen LogP contribution in [0.25, 0.3) is 0 Å².